The van der Waals surface area contributed by atoms with Crippen LogP contribution in [0, 0.1) is 0 Å². The Balaban J connectivity index is 3.68. The largest absolute Gasteiger partial charge is 0.351 e. The summed E-state index contributed by atoms with van der Waals surface area (Å²) in [4.78, 5) is 10.4. The molecule has 0 atom stereocenters. The van der Waals surface area contributed by atoms with Gasteiger partial charge < -0.3 is 5.73 Å². The predicted molar refractivity (Wildman–Crippen MR) is 40.9 cm³/mol. The molecule has 0 saturated carbocycles. The summed E-state index contributed by atoms with van der Waals surface area (Å²) in [5.41, 5.74) is 4.95. The van der Waals surface area contributed by atoms with Crippen LogP contribution in [0.2, 0.25) is 0 Å². The van der Waals surface area contributed by atoms with Gasteiger partial charge in [-0.15, -0.1) is 0 Å². The van der Waals surface area contributed by atoms with Crippen molar-refractivity contribution in [2.24, 2.45) is 5.73 Å². The van der Waals surface area contributed by atoms with Gasteiger partial charge in [0.05, 0.1) is 7.51 Å². The highest BCUT2D eigenvalue weighted by atomic mass is 32.4. The second-order valence-corrected chi connectivity index (χ2v) is 2.68. The standard InChI is InChI=1S/C4H9N2OPS/c1-2-3-6(8-9)4(5)7/h2-3H2,1H3,(H2,5,7). The minimum absolute atomic E-state index is 0.437. The molecule has 0 aliphatic rings. The van der Waals surface area contributed by atoms with E-state index in [0.29, 0.717) is 14.1 Å². The molecular weight excluding hydrogens is 155 g/mol. The smallest absolute Gasteiger partial charge is 0.322 e. The van der Waals surface area contributed by atoms with Crippen molar-refractivity contribution in [3.63, 3.8) is 0 Å². The molecule has 0 aromatic rings. The Morgan fingerprint density at radius 1 is 1.89 bits per heavy atom. The Labute approximate surface area is 61.1 Å². The SMILES string of the molecule is CCCN(P=S)C(N)=O. The fourth-order valence-electron chi connectivity index (χ4n) is 0.403. The molecule has 52 valence electrons. The minimum Gasteiger partial charge on any atom is -0.351 e. The van der Waals surface area contributed by atoms with Crippen molar-refractivity contribution in [3.8, 4) is 0 Å². The van der Waals surface area contributed by atoms with Gasteiger partial charge in [0.2, 0.25) is 0 Å². The van der Waals surface area contributed by atoms with Crippen LogP contribution < -0.4 is 5.73 Å². The lowest BCUT2D eigenvalue weighted by Crippen LogP contribution is -2.28. The number of nitrogens with two attached hydrogens (primary N) is 1. The number of rotatable bonds is 3. The van der Waals surface area contributed by atoms with Crippen LogP contribution >= 0.6 is 7.51 Å². The summed E-state index contributed by atoms with van der Waals surface area (Å²) in [5, 5.41) is 0. The molecule has 0 radical (unpaired) electrons. The van der Waals surface area contributed by atoms with E-state index < -0.39 is 6.03 Å². The van der Waals surface area contributed by atoms with Crippen LogP contribution in [-0.2, 0) is 11.8 Å². The van der Waals surface area contributed by atoms with Crippen molar-refractivity contribution in [1.82, 2.24) is 4.67 Å². The summed E-state index contributed by atoms with van der Waals surface area (Å²) in [7, 11) is 0.511. The van der Waals surface area contributed by atoms with Crippen molar-refractivity contribution in [2.75, 3.05) is 6.54 Å². The molecular formula is C4H9N2OPS. The van der Waals surface area contributed by atoms with Gasteiger partial charge in [0, 0.05) is 6.54 Å². The lowest BCUT2D eigenvalue weighted by atomic mass is 10.5. The van der Waals surface area contributed by atoms with E-state index in [0.717, 1.165) is 6.42 Å². The van der Waals surface area contributed by atoms with Crippen molar-refractivity contribution < 1.29 is 4.79 Å². The predicted octanol–water partition coefficient (Wildman–Crippen LogP) is 1.10. The Bertz CT molecular complexity index is 119. The molecule has 2 amide bonds. The second-order valence-electron chi connectivity index (χ2n) is 1.54. The number of carbonyl (C=O) groups excluding carboxylic acids is 1. The van der Waals surface area contributed by atoms with Crippen LogP contribution in [0.5, 0.6) is 0 Å². The van der Waals surface area contributed by atoms with Gasteiger partial charge in [0.25, 0.3) is 0 Å². The highest BCUT2D eigenvalue weighted by Crippen LogP contribution is 2.04. The van der Waals surface area contributed by atoms with Gasteiger partial charge in [-0.1, -0.05) is 6.92 Å². The van der Waals surface area contributed by atoms with Crippen LogP contribution in [0.3, 0.4) is 0 Å². The van der Waals surface area contributed by atoms with E-state index in [4.69, 9.17) is 5.73 Å². The van der Waals surface area contributed by atoms with Crippen LogP contribution in [-0.4, -0.2) is 17.2 Å². The number of primary amides is 1. The lowest BCUT2D eigenvalue weighted by molar-refractivity contribution is 0.234. The lowest BCUT2D eigenvalue weighted by Gasteiger charge is -2.09. The molecule has 0 rings (SSSR count). The van der Waals surface area contributed by atoms with Crippen molar-refractivity contribution in [1.29, 1.82) is 0 Å². The summed E-state index contributed by atoms with van der Waals surface area (Å²) in [6.45, 7) is 2.62. The van der Waals surface area contributed by atoms with Gasteiger partial charge >= 0.3 is 6.03 Å². The molecule has 0 saturated heterocycles. The van der Waals surface area contributed by atoms with E-state index in [1.54, 1.807) is 0 Å². The molecule has 0 aromatic heterocycles. The Hall–Kier alpha value is -0.210. The normalized spacial score (nSPS) is 9.44. The fraction of sp³-hybridized carbons (Fsp3) is 0.750. The monoisotopic (exact) mass is 164 g/mol. The molecule has 9 heavy (non-hydrogen) atoms. The van der Waals surface area contributed by atoms with Gasteiger partial charge in [-0.2, -0.15) is 0 Å². The highest BCUT2D eigenvalue weighted by molar-refractivity contribution is 7.95. The fourth-order valence-corrected chi connectivity index (χ4v) is 1.25. The zero-order valence-electron chi connectivity index (χ0n) is 5.20. The first-order valence-electron chi connectivity index (χ1n) is 2.62. The molecule has 0 aliphatic carbocycles. The maximum Gasteiger partial charge on any atom is 0.322 e. The third kappa shape index (κ3) is 3.38. The summed E-state index contributed by atoms with van der Waals surface area (Å²) in [6, 6.07) is -0.437. The highest BCUT2D eigenvalue weighted by Gasteiger charge is 2.02. The van der Waals surface area contributed by atoms with Gasteiger partial charge in [-0.05, 0) is 18.2 Å². The molecule has 3 nitrogen and oxygen atoms in total. The van der Waals surface area contributed by atoms with E-state index in [9.17, 15) is 4.79 Å². The van der Waals surface area contributed by atoms with Crippen molar-refractivity contribution >= 4 is 25.3 Å². The van der Waals surface area contributed by atoms with Gasteiger partial charge in [0.15, 0.2) is 0 Å². The summed E-state index contributed by atoms with van der Waals surface area (Å²) < 4.78 is 1.40. The van der Waals surface area contributed by atoms with E-state index in [1.165, 1.54) is 4.67 Å². The van der Waals surface area contributed by atoms with E-state index in [-0.39, 0.29) is 0 Å². The van der Waals surface area contributed by atoms with E-state index >= 15 is 0 Å². The van der Waals surface area contributed by atoms with Crippen LogP contribution in [0.25, 0.3) is 0 Å². The average Bonchev–Trinajstić information content (AvgIpc) is 1.82. The molecule has 0 heterocycles. The number of amides is 2. The summed E-state index contributed by atoms with van der Waals surface area (Å²) in [5.74, 6) is 0. The third-order valence-corrected chi connectivity index (χ3v) is 1.97. The molecule has 0 fully saturated rings. The minimum atomic E-state index is -0.437. The molecule has 0 aliphatic heterocycles. The van der Waals surface area contributed by atoms with Gasteiger partial charge in [0.1, 0.15) is 0 Å². The van der Waals surface area contributed by atoms with E-state index in [1.807, 2.05) is 6.92 Å². The third-order valence-electron chi connectivity index (χ3n) is 0.788. The number of urea groups is 1. The zero-order chi connectivity index (χ0) is 7.28. The first kappa shape index (κ1) is 8.79. The summed E-state index contributed by atoms with van der Waals surface area (Å²) >= 11 is 4.61. The number of carbonyl (C=O) groups is 1. The van der Waals surface area contributed by atoms with Crippen molar-refractivity contribution in [3.05, 3.63) is 0 Å². The van der Waals surface area contributed by atoms with Gasteiger partial charge in [-0.25, -0.2) is 4.79 Å². The Morgan fingerprint density at radius 2 is 2.44 bits per heavy atom. The van der Waals surface area contributed by atoms with Crippen LogP contribution in [0.15, 0.2) is 0 Å². The van der Waals surface area contributed by atoms with E-state index in [2.05, 4.69) is 11.8 Å². The quantitative estimate of drug-likeness (QED) is 0.635. The molecule has 0 bridgehead atoms. The number of hydrogen-bond donors (Lipinski definition) is 1. The molecule has 0 unspecified atom stereocenters. The molecule has 0 aromatic carbocycles. The summed E-state index contributed by atoms with van der Waals surface area (Å²) in [6.07, 6.45) is 0.895. The molecule has 0 spiro atoms. The van der Waals surface area contributed by atoms with Crippen LogP contribution in [0.1, 0.15) is 13.3 Å². The Morgan fingerprint density at radius 3 is 2.56 bits per heavy atom. The maximum absolute atomic E-state index is 10.4. The maximum atomic E-state index is 10.4. The topological polar surface area (TPSA) is 46.3 Å². The molecule has 5 heteroatoms. The van der Waals surface area contributed by atoms with Gasteiger partial charge in [-0.3, -0.25) is 4.67 Å². The second kappa shape index (κ2) is 4.65. The first-order valence-corrected chi connectivity index (χ1v) is 4.48. The van der Waals surface area contributed by atoms with Crippen molar-refractivity contribution in [2.45, 2.75) is 13.3 Å². The average molecular weight is 164 g/mol. The zero-order valence-corrected chi connectivity index (χ0v) is 6.91. The molecule has 2 N–H and O–H groups in total. The van der Waals surface area contributed by atoms with Crippen LogP contribution in [0.4, 0.5) is 4.79 Å². The first-order chi connectivity index (χ1) is 4.22. The number of nitrogens with zero attached hydrogens (tertiary/aromatic N) is 1. The number of hydrogen-bond acceptors (Lipinski definition) is 2. The Kier molecular flexibility index (Phi) is 4.54.